The number of rotatable bonds is 5. The predicted molar refractivity (Wildman–Crippen MR) is 78.2 cm³/mol. The minimum absolute atomic E-state index is 0.164. The third-order valence-electron chi connectivity index (χ3n) is 3.82. The van der Waals surface area contributed by atoms with Crippen LogP contribution in [-0.4, -0.2) is 12.6 Å². The van der Waals surface area contributed by atoms with Gasteiger partial charge in [-0.3, -0.25) is 0 Å². The molecule has 1 rings (SSSR count). The molecule has 0 aliphatic heterocycles. The van der Waals surface area contributed by atoms with Gasteiger partial charge in [-0.25, -0.2) is 0 Å². The summed E-state index contributed by atoms with van der Waals surface area (Å²) in [5, 5.41) is 0. The first kappa shape index (κ1) is 15.0. The second-order valence-electron chi connectivity index (χ2n) is 6.07. The molecule has 0 aliphatic carbocycles. The van der Waals surface area contributed by atoms with E-state index in [0.29, 0.717) is 11.8 Å². The molecule has 18 heavy (non-hydrogen) atoms. The topological polar surface area (TPSA) is 35.2 Å². The summed E-state index contributed by atoms with van der Waals surface area (Å²) in [6.45, 7) is 10.8. The Morgan fingerprint density at radius 1 is 1.22 bits per heavy atom. The van der Waals surface area contributed by atoms with Crippen molar-refractivity contribution in [3.8, 4) is 5.75 Å². The summed E-state index contributed by atoms with van der Waals surface area (Å²) in [6, 6.07) is 6.41. The molecule has 0 spiro atoms. The van der Waals surface area contributed by atoms with Crippen molar-refractivity contribution in [2.75, 3.05) is 7.11 Å². The minimum Gasteiger partial charge on any atom is -0.496 e. The molecule has 2 heteroatoms. The first-order chi connectivity index (χ1) is 8.27. The van der Waals surface area contributed by atoms with Crippen molar-refractivity contribution in [2.24, 2.45) is 11.7 Å². The van der Waals surface area contributed by atoms with E-state index in [9.17, 15) is 0 Å². The summed E-state index contributed by atoms with van der Waals surface area (Å²) in [7, 11) is 1.72. The van der Waals surface area contributed by atoms with Crippen molar-refractivity contribution in [1.29, 1.82) is 0 Å². The fourth-order valence-corrected chi connectivity index (χ4v) is 1.99. The highest BCUT2D eigenvalue weighted by atomic mass is 16.5. The molecular formula is C16H27NO. The first-order valence-corrected chi connectivity index (χ1v) is 6.73. The van der Waals surface area contributed by atoms with Crippen LogP contribution < -0.4 is 10.5 Å². The first-order valence-electron chi connectivity index (χ1n) is 6.73. The summed E-state index contributed by atoms with van der Waals surface area (Å²) >= 11 is 0. The minimum atomic E-state index is -0.164. The van der Waals surface area contributed by atoms with Crippen LogP contribution in [0.4, 0.5) is 0 Å². The molecule has 0 saturated carbocycles. The number of hydrogen-bond acceptors (Lipinski definition) is 2. The molecule has 0 radical (unpaired) electrons. The fraction of sp³-hybridized carbons (Fsp3) is 0.625. The molecule has 1 aromatic rings. The number of methoxy groups -OCH3 is 1. The van der Waals surface area contributed by atoms with E-state index in [2.05, 4.69) is 52.8 Å². The summed E-state index contributed by atoms with van der Waals surface area (Å²) in [4.78, 5) is 0. The zero-order chi connectivity index (χ0) is 13.9. The normalized spacial score (nSPS) is 14.9. The summed E-state index contributed by atoms with van der Waals surface area (Å²) in [6.07, 6.45) is 0.897. The van der Waals surface area contributed by atoms with Gasteiger partial charge in [-0.2, -0.15) is 0 Å². The third kappa shape index (κ3) is 3.49. The van der Waals surface area contributed by atoms with Crippen molar-refractivity contribution in [3.63, 3.8) is 0 Å². The van der Waals surface area contributed by atoms with Gasteiger partial charge in [0.2, 0.25) is 0 Å². The summed E-state index contributed by atoms with van der Waals surface area (Å²) in [5.74, 6) is 1.89. The van der Waals surface area contributed by atoms with Gasteiger partial charge in [0.1, 0.15) is 5.75 Å². The van der Waals surface area contributed by atoms with Crippen molar-refractivity contribution in [2.45, 2.75) is 52.5 Å². The zero-order valence-electron chi connectivity index (χ0n) is 12.6. The van der Waals surface area contributed by atoms with Gasteiger partial charge in [0.15, 0.2) is 0 Å². The third-order valence-corrected chi connectivity index (χ3v) is 3.82. The Morgan fingerprint density at radius 2 is 1.83 bits per heavy atom. The van der Waals surface area contributed by atoms with Gasteiger partial charge in [-0.05, 0) is 42.4 Å². The molecule has 0 saturated heterocycles. The van der Waals surface area contributed by atoms with Crippen LogP contribution in [-0.2, 0) is 6.42 Å². The Morgan fingerprint density at radius 3 is 2.28 bits per heavy atom. The number of ether oxygens (including phenoxy) is 1. The smallest absolute Gasteiger partial charge is 0.122 e. The molecule has 102 valence electrons. The lowest BCUT2D eigenvalue weighted by Crippen LogP contribution is -2.43. The van der Waals surface area contributed by atoms with Crippen molar-refractivity contribution < 1.29 is 4.74 Å². The largest absolute Gasteiger partial charge is 0.496 e. The highest BCUT2D eigenvalue weighted by Crippen LogP contribution is 2.29. The van der Waals surface area contributed by atoms with Gasteiger partial charge in [0, 0.05) is 5.54 Å². The average Bonchev–Trinajstić information content (AvgIpc) is 2.28. The van der Waals surface area contributed by atoms with Crippen LogP contribution in [0.15, 0.2) is 18.2 Å². The molecule has 0 fully saturated rings. The maximum atomic E-state index is 6.36. The Labute approximate surface area is 112 Å². The van der Waals surface area contributed by atoms with Gasteiger partial charge in [0.05, 0.1) is 7.11 Å². The van der Waals surface area contributed by atoms with E-state index in [4.69, 9.17) is 10.5 Å². The van der Waals surface area contributed by atoms with E-state index in [0.717, 1.165) is 12.2 Å². The summed E-state index contributed by atoms with van der Waals surface area (Å²) in [5.41, 5.74) is 8.74. The molecule has 1 aromatic carbocycles. The number of nitrogens with two attached hydrogens (primary N) is 1. The second-order valence-corrected chi connectivity index (χ2v) is 6.07. The van der Waals surface area contributed by atoms with Gasteiger partial charge >= 0.3 is 0 Å². The van der Waals surface area contributed by atoms with E-state index >= 15 is 0 Å². The molecule has 0 aliphatic rings. The Balaban J connectivity index is 3.02. The van der Waals surface area contributed by atoms with Gasteiger partial charge in [-0.1, -0.05) is 39.8 Å². The van der Waals surface area contributed by atoms with Crippen molar-refractivity contribution >= 4 is 0 Å². The van der Waals surface area contributed by atoms with Crippen molar-refractivity contribution in [1.82, 2.24) is 0 Å². The predicted octanol–water partition coefficient (Wildman–Crippen LogP) is 3.73. The molecule has 1 atom stereocenters. The van der Waals surface area contributed by atoms with E-state index < -0.39 is 0 Å². The fourth-order valence-electron chi connectivity index (χ4n) is 1.99. The van der Waals surface area contributed by atoms with Crippen LogP contribution in [0.3, 0.4) is 0 Å². The van der Waals surface area contributed by atoms with E-state index in [1.165, 1.54) is 11.1 Å². The highest BCUT2D eigenvalue weighted by Gasteiger charge is 2.23. The van der Waals surface area contributed by atoms with E-state index in [-0.39, 0.29) is 5.54 Å². The van der Waals surface area contributed by atoms with Crippen LogP contribution in [0.2, 0.25) is 0 Å². The Hall–Kier alpha value is -1.02. The lowest BCUT2D eigenvalue weighted by Gasteiger charge is -2.29. The van der Waals surface area contributed by atoms with Crippen LogP contribution in [0.5, 0.6) is 5.75 Å². The van der Waals surface area contributed by atoms with Crippen LogP contribution >= 0.6 is 0 Å². The quantitative estimate of drug-likeness (QED) is 0.863. The van der Waals surface area contributed by atoms with Gasteiger partial charge in [0.25, 0.3) is 0 Å². The van der Waals surface area contributed by atoms with Crippen LogP contribution in [0.25, 0.3) is 0 Å². The molecule has 0 aromatic heterocycles. The average molecular weight is 249 g/mol. The Kier molecular flexibility index (Phi) is 4.80. The monoisotopic (exact) mass is 249 g/mol. The van der Waals surface area contributed by atoms with Gasteiger partial charge < -0.3 is 10.5 Å². The maximum Gasteiger partial charge on any atom is 0.122 e. The highest BCUT2D eigenvalue weighted by molar-refractivity contribution is 5.39. The molecular weight excluding hydrogens is 222 g/mol. The summed E-state index contributed by atoms with van der Waals surface area (Å²) < 4.78 is 5.41. The zero-order valence-corrected chi connectivity index (χ0v) is 12.6. The molecule has 0 bridgehead atoms. The number of benzene rings is 1. The lowest BCUT2D eigenvalue weighted by molar-refractivity contribution is 0.337. The second kappa shape index (κ2) is 5.75. The van der Waals surface area contributed by atoms with Crippen LogP contribution in [0, 0.1) is 5.92 Å². The van der Waals surface area contributed by atoms with E-state index in [1.54, 1.807) is 7.11 Å². The van der Waals surface area contributed by atoms with Crippen molar-refractivity contribution in [3.05, 3.63) is 29.3 Å². The standard InChI is InChI=1S/C16H27NO/c1-11(2)14-9-13(7-8-15(14)18-6)10-16(5,17)12(3)4/h7-9,11-12H,10,17H2,1-6H3. The maximum absolute atomic E-state index is 6.36. The SMILES string of the molecule is COc1ccc(CC(C)(N)C(C)C)cc1C(C)C. The van der Waals surface area contributed by atoms with Crippen LogP contribution in [0.1, 0.15) is 51.7 Å². The lowest BCUT2D eigenvalue weighted by atomic mass is 9.83. The molecule has 0 heterocycles. The van der Waals surface area contributed by atoms with E-state index in [1.807, 2.05) is 0 Å². The molecule has 2 nitrogen and oxygen atoms in total. The number of hydrogen-bond donors (Lipinski definition) is 1. The molecule has 0 amide bonds. The molecule has 2 N–H and O–H groups in total. The molecule has 1 unspecified atom stereocenters. The Bertz CT molecular complexity index is 394. The van der Waals surface area contributed by atoms with Gasteiger partial charge in [-0.15, -0.1) is 0 Å².